The van der Waals surface area contributed by atoms with E-state index < -0.39 is 0 Å². The van der Waals surface area contributed by atoms with E-state index in [1.165, 1.54) is 0 Å². The third-order valence-electron chi connectivity index (χ3n) is 1.68. The molecule has 78 valence electrons. The van der Waals surface area contributed by atoms with Crippen LogP contribution in [0.4, 0.5) is 0 Å². The van der Waals surface area contributed by atoms with Crippen LogP contribution < -0.4 is 4.74 Å². The second-order valence-corrected chi connectivity index (χ2v) is 3.70. The predicted octanol–water partition coefficient (Wildman–Crippen LogP) is 3.52. The Morgan fingerprint density at radius 3 is 2.80 bits per heavy atom. The average Bonchev–Trinajstić information content (AvgIpc) is 2.26. The number of rotatable bonds is 5. The molecule has 0 saturated heterocycles. The molecule has 0 aromatic carbocycles. The zero-order valence-electron chi connectivity index (χ0n) is 8.32. The number of allylic oxidation sites excluding steroid dienone is 2. The summed E-state index contributed by atoms with van der Waals surface area (Å²) in [6.45, 7) is 7.74. The van der Waals surface area contributed by atoms with Crippen LogP contribution in [-0.2, 0) is 0 Å². The van der Waals surface area contributed by atoms with Crippen molar-refractivity contribution in [1.82, 2.24) is 4.98 Å². The van der Waals surface area contributed by atoms with Crippen molar-refractivity contribution in [1.29, 1.82) is 0 Å². The number of nitrogens with zero attached hydrogens (tertiary/aromatic N) is 1. The topological polar surface area (TPSA) is 22.1 Å². The van der Waals surface area contributed by atoms with Gasteiger partial charge in [-0.15, -0.1) is 0 Å². The van der Waals surface area contributed by atoms with Gasteiger partial charge in [0.2, 0.25) is 5.88 Å². The van der Waals surface area contributed by atoms with Crippen molar-refractivity contribution in [3.8, 4) is 5.88 Å². The van der Waals surface area contributed by atoms with Gasteiger partial charge in [-0.2, -0.15) is 0 Å². The summed E-state index contributed by atoms with van der Waals surface area (Å²) in [4.78, 5) is 4.09. The van der Waals surface area contributed by atoms with E-state index in [0.29, 0.717) is 12.5 Å². The fourth-order valence-corrected chi connectivity index (χ4v) is 1.17. The molecule has 0 aliphatic rings. The van der Waals surface area contributed by atoms with Gasteiger partial charge in [-0.1, -0.05) is 31.4 Å². The van der Waals surface area contributed by atoms with E-state index in [0.717, 1.165) is 10.0 Å². The van der Waals surface area contributed by atoms with Gasteiger partial charge in [-0.05, 0) is 27.6 Å². The number of hydrogen-bond acceptors (Lipinski definition) is 2. The molecule has 3 heteroatoms. The van der Waals surface area contributed by atoms with Gasteiger partial charge in [-0.3, -0.25) is 0 Å². The lowest BCUT2D eigenvalue weighted by Crippen LogP contribution is -2.00. The van der Waals surface area contributed by atoms with Crippen molar-refractivity contribution in [3.05, 3.63) is 59.8 Å². The van der Waals surface area contributed by atoms with Crippen molar-refractivity contribution < 1.29 is 4.74 Å². The number of hydrogen-bond donors (Lipinski definition) is 0. The van der Waals surface area contributed by atoms with Crippen LogP contribution in [0.25, 0.3) is 0 Å². The van der Waals surface area contributed by atoms with E-state index in [9.17, 15) is 0 Å². The fourth-order valence-electron chi connectivity index (χ4n) is 0.931. The first-order chi connectivity index (χ1) is 7.26. The summed E-state index contributed by atoms with van der Waals surface area (Å²) in [5, 5.41) is 0. The molecular formula is C12H12BrNO. The molecule has 0 atom stereocenters. The first kappa shape index (κ1) is 11.7. The van der Waals surface area contributed by atoms with Gasteiger partial charge < -0.3 is 4.74 Å². The van der Waals surface area contributed by atoms with E-state index >= 15 is 0 Å². The minimum Gasteiger partial charge on any atom is -0.473 e. The van der Waals surface area contributed by atoms with E-state index in [1.54, 1.807) is 24.4 Å². The summed E-state index contributed by atoms with van der Waals surface area (Å²) < 4.78 is 6.38. The molecule has 2 nitrogen and oxygen atoms in total. The molecule has 1 heterocycles. The molecule has 1 aromatic heterocycles. The second-order valence-electron chi connectivity index (χ2n) is 2.78. The minimum atomic E-state index is 0.449. The molecule has 0 unspecified atom stereocenters. The number of ether oxygens (including phenoxy) is 1. The van der Waals surface area contributed by atoms with Crippen LogP contribution in [0.3, 0.4) is 0 Å². The maximum atomic E-state index is 5.45. The van der Waals surface area contributed by atoms with E-state index in [2.05, 4.69) is 34.1 Å². The van der Waals surface area contributed by atoms with Crippen molar-refractivity contribution in [2.24, 2.45) is 0 Å². The summed E-state index contributed by atoms with van der Waals surface area (Å²) in [5.41, 5.74) is 0.967. The first-order valence-electron chi connectivity index (χ1n) is 4.44. The molecule has 0 aliphatic heterocycles. The molecule has 15 heavy (non-hydrogen) atoms. The largest absolute Gasteiger partial charge is 0.473 e. The number of pyridine rings is 1. The molecular weight excluding hydrogens is 254 g/mol. The van der Waals surface area contributed by atoms with Gasteiger partial charge in [0.15, 0.2) is 0 Å². The maximum Gasteiger partial charge on any atom is 0.213 e. The molecule has 0 aliphatic carbocycles. The van der Waals surface area contributed by atoms with Crippen LogP contribution in [0, 0.1) is 0 Å². The van der Waals surface area contributed by atoms with Crippen molar-refractivity contribution in [2.45, 2.75) is 0 Å². The zero-order chi connectivity index (χ0) is 11.1. The quantitative estimate of drug-likeness (QED) is 0.761. The van der Waals surface area contributed by atoms with Crippen LogP contribution in [0.5, 0.6) is 5.88 Å². The normalized spacial score (nSPS) is 10.9. The molecule has 0 spiro atoms. The number of halogens is 1. The summed E-state index contributed by atoms with van der Waals surface area (Å²) >= 11 is 3.31. The van der Waals surface area contributed by atoms with Gasteiger partial charge >= 0.3 is 0 Å². The Kier molecular flexibility index (Phi) is 4.84. The highest BCUT2D eigenvalue weighted by Crippen LogP contribution is 2.13. The Balaban J connectivity index is 2.56. The molecule has 0 N–H and O–H groups in total. The highest BCUT2D eigenvalue weighted by molar-refractivity contribution is 9.10. The van der Waals surface area contributed by atoms with E-state index in [4.69, 9.17) is 4.74 Å². The van der Waals surface area contributed by atoms with Gasteiger partial charge in [-0.25, -0.2) is 4.98 Å². The molecule has 1 rings (SSSR count). The molecule has 0 saturated carbocycles. The summed E-state index contributed by atoms with van der Waals surface area (Å²) in [6.07, 6.45) is 6.99. The van der Waals surface area contributed by atoms with Crippen LogP contribution in [0.1, 0.15) is 0 Å². The standard InChI is InChI=1S/C12H12BrNO/c1-3-5-10(4-2)9-15-12-7-6-11(13)8-14-12/h3-8H,1-2,9H2/b10-5+. The molecule has 0 fully saturated rings. The monoisotopic (exact) mass is 265 g/mol. The lowest BCUT2D eigenvalue weighted by atomic mass is 10.2. The van der Waals surface area contributed by atoms with Gasteiger partial charge in [0.1, 0.15) is 6.61 Å². The smallest absolute Gasteiger partial charge is 0.213 e. The molecule has 0 amide bonds. The van der Waals surface area contributed by atoms with E-state index in [-0.39, 0.29) is 0 Å². The maximum absolute atomic E-state index is 5.45. The summed E-state index contributed by atoms with van der Waals surface area (Å²) in [7, 11) is 0. The first-order valence-corrected chi connectivity index (χ1v) is 5.24. The van der Waals surface area contributed by atoms with Crippen LogP contribution in [-0.4, -0.2) is 11.6 Å². The Labute approximate surface area is 98.1 Å². The zero-order valence-corrected chi connectivity index (χ0v) is 9.90. The third-order valence-corrected chi connectivity index (χ3v) is 2.15. The Morgan fingerprint density at radius 2 is 2.27 bits per heavy atom. The molecule has 1 aromatic rings. The van der Waals surface area contributed by atoms with Crippen molar-refractivity contribution in [3.63, 3.8) is 0 Å². The molecule has 0 radical (unpaired) electrons. The summed E-state index contributed by atoms with van der Waals surface area (Å²) in [5.74, 6) is 0.593. The second kappa shape index (κ2) is 6.19. The van der Waals surface area contributed by atoms with Crippen LogP contribution in [0.15, 0.2) is 59.8 Å². The SMILES string of the molecule is C=C/C=C(\C=C)COc1ccc(Br)cn1. The number of aromatic nitrogens is 1. The average molecular weight is 266 g/mol. The van der Waals surface area contributed by atoms with Crippen molar-refractivity contribution >= 4 is 15.9 Å². The minimum absolute atomic E-state index is 0.449. The molecule has 0 bridgehead atoms. The highest BCUT2D eigenvalue weighted by Gasteiger charge is 1.96. The van der Waals surface area contributed by atoms with Gasteiger partial charge in [0, 0.05) is 16.7 Å². The van der Waals surface area contributed by atoms with Gasteiger partial charge in [0.05, 0.1) is 0 Å². The lowest BCUT2D eigenvalue weighted by molar-refractivity contribution is 0.341. The fraction of sp³-hybridized carbons (Fsp3) is 0.0833. The summed E-state index contributed by atoms with van der Waals surface area (Å²) in [6, 6.07) is 3.69. The van der Waals surface area contributed by atoms with Crippen LogP contribution in [0.2, 0.25) is 0 Å². The van der Waals surface area contributed by atoms with Crippen LogP contribution >= 0.6 is 15.9 Å². The lowest BCUT2D eigenvalue weighted by Gasteiger charge is -2.04. The Hall–Kier alpha value is -1.35. The van der Waals surface area contributed by atoms with Gasteiger partial charge in [0.25, 0.3) is 0 Å². The Bertz CT molecular complexity index is 368. The third kappa shape index (κ3) is 4.13. The predicted molar refractivity (Wildman–Crippen MR) is 65.9 cm³/mol. The van der Waals surface area contributed by atoms with E-state index in [1.807, 2.05) is 12.1 Å². The van der Waals surface area contributed by atoms with Crippen molar-refractivity contribution in [2.75, 3.05) is 6.61 Å². The Morgan fingerprint density at radius 1 is 1.47 bits per heavy atom. The highest BCUT2D eigenvalue weighted by atomic mass is 79.9.